The molecular weight excluding hydrogens is 242 g/mol. The van der Waals surface area contributed by atoms with E-state index in [-0.39, 0.29) is 5.78 Å². The van der Waals surface area contributed by atoms with Crippen LogP contribution in [-0.2, 0) is 4.84 Å². The lowest BCUT2D eigenvalue weighted by Crippen LogP contribution is -2.11. The highest BCUT2D eigenvalue weighted by molar-refractivity contribution is 6.45. The Bertz CT molecular complexity index is 449. The maximum atomic E-state index is 12.0. The van der Waals surface area contributed by atoms with Gasteiger partial charge in [-0.1, -0.05) is 24.7 Å². The van der Waals surface area contributed by atoms with Gasteiger partial charge in [0.05, 0.1) is 0 Å². The first kappa shape index (κ1) is 15.0. The van der Waals surface area contributed by atoms with Crippen LogP contribution in [0.4, 0.5) is 0 Å². The molecule has 19 heavy (non-hydrogen) atoms. The standard InChI is InChI=1S/C15H19NO3/c1-4-10-18-14-8-6-13(7-9-14)15(17)12(3)16-19-11-5-2/h4,6-9H,1,5,10-11H2,2-3H3. The first-order chi connectivity index (χ1) is 9.19. The Morgan fingerprint density at radius 1 is 1.37 bits per heavy atom. The summed E-state index contributed by atoms with van der Waals surface area (Å²) in [5.74, 6) is 0.555. The summed E-state index contributed by atoms with van der Waals surface area (Å²) in [4.78, 5) is 17.0. The van der Waals surface area contributed by atoms with E-state index in [1.165, 1.54) is 0 Å². The zero-order valence-electron chi connectivity index (χ0n) is 11.4. The van der Waals surface area contributed by atoms with Gasteiger partial charge in [-0.2, -0.15) is 0 Å². The second-order valence-electron chi connectivity index (χ2n) is 3.96. The van der Waals surface area contributed by atoms with Crippen molar-refractivity contribution < 1.29 is 14.4 Å². The molecule has 102 valence electrons. The third-order valence-corrected chi connectivity index (χ3v) is 2.31. The van der Waals surface area contributed by atoms with Gasteiger partial charge in [0, 0.05) is 5.56 Å². The number of nitrogens with zero attached hydrogens (tertiary/aromatic N) is 1. The van der Waals surface area contributed by atoms with E-state index in [9.17, 15) is 4.79 Å². The molecule has 0 amide bonds. The lowest BCUT2D eigenvalue weighted by atomic mass is 10.1. The van der Waals surface area contributed by atoms with Crippen LogP contribution in [0.1, 0.15) is 30.6 Å². The van der Waals surface area contributed by atoms with E-state index in [0.717, 1.165) is 6.42 Å². The molecule has 4 nitrogen and oxygen atoms in total. The van der Waals surface area contributed by atoms with Gasteiger partial charge in [-0.15, -0.1) is 0 Å². The van der Waals surface area contributed by atoms with Gasteiger partial charge in [-0.25, -0.2) is 0 Å². The van der Waals surface area contributed by atoms with E-state index in [1.807, 2.05) is 6.92 Å². The summed E-state index contributed by atoms with van der Waals surface area (Å²) >= 11 is 0. The van der Waals surface area contributed by atoms with Gasteiger partial charge in [-0.05, 0) is 37.6 Å². The molecule has 4 heteroatoms. The van der Waals surface area contributed by atoms with Gasteiger partial charge in [0.25, 0.3) is 0 Å². The summed E-state index contributed by atoms with van der Waals surface area (Å²) in [6.45, 7) is 8.15. The molecule has 0 bridgehead atoms. The first-order valence-electron chi connectivity index (χ1n) is 6.24. The van der Waals surface area contributed by atoms with Crippen LogP contribution < -0.4 is 4.74 Å². The van der Waals surface area contributed by atoms with Crippen molar-refractivity contribution in [1.29, 1.82) is 0 Å². The Hall–Kier alpha value is -2.10. The van der Waals surface area contributed by atoms with Crippen molar-refractivity contribution in [2.45, 2.75) is 20.3 Å². The Labute approximate surface area is 113 Å². The predicted octanol–water partition coefficient (Wildman–Crippen LogP) is 3.24. The molecule has 0 aliphatic rings. The van der Waals surface area contributed by atoms with E-state index in [1.54, 1.807) is 37.3 Å². The van der Waals surface area contributed by atoms with Crippen LogP contribution in [0.5, 0.6) is 5.75 Å². The number of hydrogen-bond donors (Lipinski definition) is 0. The molecule has 0 atom stereocenters. The molecule has 0 aliphatic carbocycles. The molecule has 0 unspecified atom stereocenters. The second kappa shape index (κ2) is 8.08. The van der Waals surface area contributed by atoms with Gasteiger partial charge in [0.1, 0.15) is 24.7 Å². The molecule has 0 fully saturated rings. The highest BCUT2D eigenvalue weighted by Crippen LogP contribution is 2.13. The quantitative estimate of drug-likeness (QED) is 0.237. The van der Waals surface area contributed by atoms with E-state index in [0.29, 0.717) is 30.2 Å². The Morgan fingerprint density at radius 3 is 2.63 bits per heavy atom. The number of oxime groups is 1. The first-order valence-corrected chi connectivity index (χ1v) is 6.24. The van der Waals surface area contributed by atoms with Crippen LogP contribution in [-0.4, -0.2) is 24.7 Å². The number of carbonyl (C=O) groups is 1. The number of hydrogen-bond acceptors (Lipinski definition) is 4. The summed E-state index contributed by atoms with van der Waals surface area (Å²) in [5.41, 5.74) is 0.903. The van der Waals surface area contributed by atoms with Crippen LogP contribution in [0.25, 0.3) is 0 Å². The summed E-state index contributed by atoms with van der Waals surface area (Å²) in [5, 5.41) is 3.78. The SMILES string of the molecule is C=CCOc1ccc(C(=O)C(C)=NOCCC)cc1. The monoisotopic (exact) mass is 261 g/mol. The zero-order chi connectivity index (χ0) is 14.1. The summed E-state index contributed by atoms with van der Waals surface area (Å²) in [7, 11) is 0. The third kappa shape index (κ3) is 4.95. The summed E-state index contributed by atoms with van der Waals surface area (Å²) in [6.07, 6.45) is 2.53. The third-order valence-electron chi connectivity index (χ3n) is 2.31. The van der Waals surface area contributed by atoms with Gasteiger partial charge in [0.15, 0.2) is 0 Å². The van der Waals surface area contributed by atoms with E-state index >= 15 is 0 Å². The van der Waals surface area contributed by atoms with Crippen molar-refractivity contribution in [3.8, 4) is 5.75 Å². The van der Waals surface area contributed by atoms with Crippen LogP contribution >= 0.6 is 0 Å². The van der Waals surface area contributed by atoms with Gasteiger partial charge in [-0.3, -0.25) is 4.79 Å². The van der Waals surface area contributed by atoms with Gasteiger partial charge in [0.2, 0.25) is 5.78 Å². The lowest BCUT2D eigenvalue weighted by Gasteiger charge is -2.04. The molecule has 0 N–H and O–H groups in total. The summed E-state index contributed by atoms with van der Waals surface area (Å²) < 4.78 is 5.35. The van der Waals surface area contributed by atoms with Crippen molar-refractivity contribution in [3.63, 3.8) is 0 Å². The van der Waals surface area contributed by atoms with Crippen molar-refractivity contribution in [1.82, 2.24) is 0 Å². The van der Waals surface area contributed by atoms with Crippen LogP contribution in [0.2, 0.25) is 0 Å². The van der Waals surface area contributed by atoms with Crippen LogP contribution in [0.15, 0.2) is 42.1 Å². The predicted molar refractivity (Wildman–Crippen MR) is 75.8 cm³/mol. The van der Waals surface area contributed by atoms with Crippen molar-refractivity contribution in [2.75, 3.05) is 13.2 Å². The molecular formula is C15H19NO3. The normalized spacial score (nSPS) is 10.9. The van der Waals surface area contributed by atoms with Crippen molar-refractivity contribution in [3.05, 3.63) is 42.5 Å². The molecule has 0 aliphatic heterocycles. The maximum Gasteiger partial charge on any atom is 0.210 e. The van der Waals surface area contributed by atoms with E-state index in [4.69, 9.17) is 9.57 Å². The smallest absolute Gasteiger partial charge is 0.210 e. The number of benzene rings is 1. The summed E-state index contributed by atoms with van der Waals surface area (Å²) in [6, 6.07) is 6.91. The molecule has 0 saturated carbocycles. The Balaban J connectivity index is 2.66. The highest BCUT2D eigenvalue weighted by Gasteiger charge is 2.10. The number of ether oxygens (including phenoxy) is 1. The van der Waals surface area contributed by atoms with Crippen molar-refractivity contribution in [2.24, 2.45) is 5.16 Å². The minimum atomic E-state index is -0.147. The fraction of sp³-hybridized carbons (Fsp3) is 0.333. The van der Waals surface area contributed by atoms with Crippen LogP contribution in [0.3, 0.4) is 0 Å². The number of ketones is 1. The number of rotatable bonds is 8. The second-order valence-corrected chi connectivity index (χ2v) is 3.96. The minimum Gasteiger partial charge on any atom is -0.490 e. The largest absolute Gasteiger partial charge is 0.490 e. The Morgan fingerprint density at radius 2 is 2.05 bits per heavy atom. The molecule has 0 spiro atoms. The van der Waals surface area contributed by atoms with Crippen molar-refractivity contribution >= 4 is 11.5 Å². The molecule has 0 heterocycles. The fourth-order valence-corrected chi connectivity index (χ4v) is 1.34. The molecule has 0 aromatic heterocycles. The maximum absolute atomic E-state index is 12.0. The highest BCUT2D eigenvalue weighted by atomic mass is 16.6. The molecule has 1 aromatic rings. The molecule has 1 rings (SSSR count). The van der Waals surface area contributed by atoms with E-state index < -0.39 is 0 Å². The van der Waals surface area contributed by atoms with Gasteiger partial charge >= 0.3 is 0 Å². The average Bonchev–Trinajstić information content (AvgIpc) is 2.45. The zero-order valence-corrected chi connectivity index (χ0v) is 11.4. The van der Waals surface area contributed by atoms with E-state index in [2.05, 4.69) is 11.7 Å². The number of carbonyl (C=O) groups excluding carboxylic acids is 1. The fourth-order valence-electron chi connectivity index (χ4n) is 1.34. The lowest BCUT2D eigenvalue weighted by molar-refractivity contribution is 0.104. The van der Waals surface area contributed by atoms with Gasteiger partial charge < -0.3 is 9.57 Å². The minimum absolute atomic E-state index is 0.147. The number of Topliss-reactive ketones (excluding diaryl/α,β-unsaturated/α-hetero) is 1. The molecule has 1 aromatic carbocycles. The van der Waals surface area contributed by atoms with Crippen LogP contribution in [0, 0.1) is 0 Å². The molecule has 0 radical (unpaired) electrons. The molecule has 0 saturated heterocycles. The topological polar surface area (TPSA) is 47.9 Å². The average molecular weight is 261 g/mol. The Kier molecular flexibility index (Phi) is 6.36.